The Kier molecular flexibility index (Phi) is 20.2. The summed E-state index contributed by atoms with van der Waals surface area (Å²) in [6.45, 7) is 2.94. The molecule has 0 atom stereocenters. The standard InChI is InChI=1S/C24H45NO5/c26-21-18-25(19-22-27,20-23-28)17-15-13-11-9-7-5-3-1-2-4-6-8-10-12-14-16-24(29)30/h1-2,5,7,26-28H,3-4,6,8-23H2/p+1. The molecule has 0 radical (unpaired) electrons. The number of nitrogens with zero attached hydrogens (tertiary/aromatic N) is 1. The molecule has 0 aliphatic carbocycles. The Hall–Kier alpha value is -1.21. The maximum atomic E-state index is 10.4. The van der Waals surface area contributed by atoms with Crippen molar-refractivity contribution in [2.45, 2.75) is 77.0 Å². The second-order valence-corrected chi connectivity index (χ2v) is 8.13. The normalized spacial score (nSPS) is 12.4. The number of carbonyl (C=O) groups is 1. The third-order valence-electron chi connectivity index (χ3n) is 5.59. The monoisotopic (exact) mass is 428 g/mol. The summed E-state index contributed by atoms with van der Waals surface area (Å²) < 4.78 is 0.604. The topological polar surface area (TPSA) is 98.0 Å². The fourth-order valence-corrected chi connectivity index (χ4v) is 3.77. The molecular weight excluding hydrogens is 382 g/mol. The highest BCUT2D eigenvalue weighted by atomic mass is 16.4. The molecule has 0 aromatic carbocycles. The Morgan fingerprint density at radius 2 is 1.07 bits per heavy atom. The highest BCUT2D eigenvalue weighted by Gasteiger charge is 2.25. The molecule has 0 bridgehead atoms. The molecule has 0 rings (SSSR count). The lowest BCUT2D eigenvalue weighted by Gasteiger charge is -2.37. The molecule has 0 fully saturated rings. The minimum absolute atomic E-state index is 0.0864. The highest BCUT2D eigenvalue weighted by molar-refractivity contribution is 5.66. The van der Waals surface area contributed by atoms with Gasteiger partial charge in [-0.2, -0.15) is 0 Å². The van der Waals surface area contributed by atoms with Gasteiger partial charge in [-0.3, -0.25) is 4.79 Å². The summed E-state index contributed by atoms with van der Waals surface area (Å²) in [5.74, 6) is -0.693. The van der Waals surface area contributed by atoms with E-state index in [-0.39, 0.29) is 19.8 Å². The van der Waals surface area contributed by atoms with E-state index < -0.39 is 5.97 Å². The van der Waals surface area contributed by atoms with Crippen LogP contribution in [0.2, 0.25) is 0 Å². The number of allylic oxidation sites excluding steroid dienone is 4. The van der Waals surface area contributed by atoms with E-state index in [0.717, 1.165) is 64.3 Å². The van der Waals surface area contributed by atoms with E-state index in [2.05, 4.69) is 24.3 Å². The van der Waals surface area contributed by atoms with Crippen LogP contribution in [0.15, 0.2) is 24.3 Å². The van der Waals surface area contributed by atoms with Gasteiger partial charge in [0.15, 0.2) is 0 Å². The zero-order valence-corrected chi connectivity index (χ0v) is 18.9. The lowest BCUT2D eigenvalue weighted by atomic mass is 10.1. The van der Waals surface area contributed by atoms with Crippen molar-refractivity contribution in [1.82, 2.24) is 0 Å². The second-order valence-electron chi connectivity index (χ2n) is 8.13. The van der Waals surface area contributed by atoms with E-state index in [1.54, 1.807) is 0 Å². The number of carboxylic acids is 1. The number of aliphatic hydroxyl groups excluding tert-OH is 3. The minimum atomic E-state index is -0.693. The molecule has 0 aliphatic heterocycles. The van der Waals surface area contributed by atoms with E-state index in [1.807, 2.05) is 0 Å². The van der Waals surface area contributed by atoms with Gasteiger partial charge in [0.2, 0.25) is 0 Å². The van der Waals surface area contributed by atoms with Crippen LogP contribution >= 0.6 is 0 Å². The smallest absolute Gasteiger partial charge is 0.303 e. The zero-order valence-electron chi connectivity index (χ0n) is 18.9. The number of hydrogen-bond donors (Lipinski definition) is 4. The van der Waals surface area contributed by atoms with E-state index in [1.165, 1.54) is 12.8 Å². The molecule has 0 saturated carbocycles. The van der Waals surface area contributed by atoms with Crippen LogP contribution in [0.5, 0.6) is 0 Å². The average molecular weight is 429 g/mol. The Labute approximate surface area is 183 Å². The van der Waals surface area contributed by atoms with Crippen molar-refractivity contribution < 1.29 is 29.7 Å². The molecule has 0 heterocycles. The van der Waals surface area contributed by atoms with E-state index in [9.17, 15) is 20.1 Å². The number of unbranched alkanes of at least 4 members (excludes halogenated alkanes) is 8. The molecule has 6 heteroatoms. The number of aliphatic hydroxyl groups is 3. The highest BCUT2D eigenvalue weighted by Crippen LogP contribution is 2.11. The van der Waals surface area contributed by atoms with Crippen LogP contribution in [0.4, 0.5) is 0 Å². The Morgan fingerprint density at radius 1 is 0.600 bits per heavy atom. The number of rotatable bonds is 22. The van der Waals surface area contributed by atoms with Crippen molar-refractivity contribution in [2.75, 3.05) is 46.0 Å². The number of quaternary nitrogens is 1. The molecular formula is C24H46NO5+. The molecule has 30 heavy (non-hydrogen) atoms. The first-order valence-electron chi connectivity index (χ1n) is 11.8. The molecule has 0 aromatic rings. The lowest BCUT2D eigenvalue weighted by molar-refractivity contribution is -0.929. The second kappa shape index (κ2) is 21.0. The van der Waals surface area contributed by atoms with E-state index in [0.29, 0.717) is 30.5 Å². The van der Waals surface area contributed by atoms with Crippen molar-refractivity contribution in [2.24, 2.45) is 0 Å². The molecule has 0 saturated heterocycles. The molecule has 4 N–H and O–H groups in total. The van der Waals surface area contributed by atoms with Gasteiger partial charge >= 0.3 is 5.97 Å². The van der Waals surface area contributed by atoms with Crippen LogP contribution in [0.25, 0.3) is 0 Å². The predicted molar refractivity (Wildman–Crippen MR) is 122 cm³/mol. The van der Waals surface area contributed by atoms with Gasteiger partial charge in [0, 0.05) is 6.42 Å². The third-order valence-corrected chi connectivity index (χ3v) is 5.59. The lowest BCUT2D eigenvalue weighted by Crippen LogP contribution is -2.53. The summed E-state index contributed by atoms with van der Waals surface area (Å²) >= 11 is 0. The van der Waals surface area contributed by atoms with E-state index >= 15 is 0 Å². The van der Waals surface area contributed by atoms with Crippen LogP contribution in [-0.4, -0.2) is 76.9 Å². The number of carboxylic acid groups (broad SMARTS) is 1. The fourth-order valence-electron chi connectivity index (χ4n) is 3.77. The summed E-state index contributed by atoms with van der Waals surface area (Å²) in [4.78, 5) is 10.4. The average Bonchev–Trinajstić information content (AvgIpc) is 2.70. The first-order valence-corrected chi connectivity index (χ1v) is 11.8. The van der Waals surface area contributed by atoms with E-state index in [4.69, 9.17) is 5.11 Å². The summed E-state index contributed by atoms with van der Waals surface area (Å²) in [5.41, 5.74) is 0. The predicted octanol–water partition coefficient (Wildman–Crippen LogP) is 3.66. The van der Waals surface area contributed by atoms with Gasteiger partial charge in [0.1, 0.15) is 19.6 Å². The summed E-state index contributed by atoms with van der Waals surface area (Å²) in [7, 11) is 0. The fraction of sp³-hybridized carbons (Fsp3) is 0.792. The SMILES string of the molecule is O=C(O)CCCCCCCC=CCC=CCCCCC[N+](CCO)(CCO)CCO. The molecule has 6 nitrogen and oxygen atoms in total. The Bertz CT molecular complexity index is 434. The Balaban J connectivity index is 3.65. The molecule has 0 aromatic heterocycles. The zero-order chi connectivity index (χ0) is 22.3. The molecule has 176 valence electrons. The Morgan fingerprint density at radius 3 is 1.57 bits per heavy atom. The third kappa shape index (κ3) is 17.6. The van der Waals surface area contributed by atoms with Gasteiger partial charge in [0.05, 0.1) is 26.4 Å². The summed E-state index contributed by atoms with van der Waals surface area (Å²) in [6, 6.07) is 0. The van der Waals surface area contributed by atoms with Gasteiger partial charge in [-0.25, -0.2) is 0 Å². The van der Waals surface area contributed by atoms with Crippen LogP contribution in [0.3, 0.4) is 0 Å². The minimum Gasteiger partial charge on any atom is -0.481 e. The van der Waals surface area contributed by atoms with Crippen molar-refractivity contribution >= 4 is 5.97 Å². The summed E-state index contributed by atoms with van der Waals surface area (Å²) in [6.07, 6.45) is 20.9. The number of hydrogen-bond acceptors (Lipinski definition) is 4. The van der Waals surface area contributed by atoms with Crippen molar-refractivity contribution in [3.05, 3.63) is 24.3 Å². The van der Waals surface area contributed by atoms with Crippen molar-refractivity contribution in [3.8, 4) is 0 Å². The molecule has 0 unspecified atom stereocenters. The van der Waals surface area contributed by atoms with Gasteiger partial charge in [0.25, 0.3) is 0 Å². The summed E-state index contributed by atoms with van der Waals surface area (Å²) in [5, 5.41) is 36.5. The van der Waals surface area contributed by atoms with Gasteiger partial charge in [-0.15, -0.1) is 0 Å². The van der Waals surface area contributed by atoms with Gasteiger partial charge in [-0.05, 0) is 51.4 Å². The molecule has 0 spiro atoms. The van der Waals surface area contributed by atoms with Crippen molar-refractivity contribution in [3.63, 3.8) is 0 Å². The largest absolute Gasteiger partial charge is 0.481 e. The first kappa shape index (κ1) is 28.8. The quantitative estimate of drug-likeness (QED) is 0.120. The molecule has 0 aliphatic rings. The van der Waals surface area contributed by atoms with Crippen LogP contribution in [0.1, 0.15) is 77.0 Å². The first-order chi connectivity index (χ1) is 14.6. The van der Waals surface area contributed by atoms with Crippen LogP contribution in [-0.2, 0) is 4.79 Å². The van der Waals surface area contributed by atoms with Crippen molar-refractivity contribution in [1.29, 1.82) is 0 Å². The number of aliphatic carboxylic acids is 1. The maximum Gasteiger partial charge on any atom is 0.303 e. The van der Waals surface area contributed by atoms with Crippen LogP contribution in [0, 0.1) is 0 Å². The van der Waals surface area contributed by atoms with Gasteiger partial charge < -0.3 is 24.9 Å². The maximum absolute atomic E-state index is 10.4. The van der Waals surface area contributed by atoms with Crippen LogP contribution < -0.4 is 0 Å². The van der Waals surface area contributed by atoms with Gasteiger partial charge in [-0.1, -0.05) is 43.6 Å². The molecule has 0 amide bonds.